The van der Waals surface area contributed by atoms with Crippen LogP contribution in [0.5, 0.6) is 5.75 Å². The van der Waals surface area contributed by atoms with Crippen LogP contribution in [0.2, 0.25) is 0 Å². The molecule has 0 aliphatic heterocycles. The maximum Gasteiger partial charge on any atom is 0.311 e. The van der Waals surface area contributed by atoms with E-state index in [1.165, 1.54) is 49.8 Å². The molecule has 1 aliphatic rings. The van der Waals surface area contributed by atoms with Crippen molar-refractivity contribution in [2.75, 3.05) is 0 Å². The zero-order valence-corrected chi connectivity index (χ0v) is 17.2. The summed E-state index contributed by atoms with van der Waals surface area (Å²) < 4.78 is 5.32. The molecular formula is C24H32N2O2. The zero-order chi connectivity index (χ0) is 19.8. The zero-order valence-electron chi connectivity index (χ0n) is 17.2. The first-order valence-electron chi connectivity index (χ1n) is 10.9. The molecule has 0 bridgehead atoms. The molecule has 3 rings (SSSR count). The lowest BCUT2D eigenvalue weighted by Gasteiger charge is -2.24. The molecule has 0 amide bonds. The van der Waals surface area contributed by atoms with Gasteiger partial charge in [0.1, 0.15) is 5.75 Å². The van der Waals surface area contributed by atoms with Gasteiger partial charge in [0.2, 0.25) is 0 Å². The molecule has 0 saturated heterocycles. The van der Waals surface area contributed by atoms with E-state index in [-0.39, 0.29) is 5.97 Å². The number of rotatable bonds is 9. The average Bonchev–Trinajstić information content (AvgIpc) is 2.71. The fraction of sp³-hybridized carbons (Fsp3) is 0.542. The molecule has 1 aromatic heterocycles. The Bertz CT molecular complexity index is 771. The first kappa shape index (κ1) is 20.5. The van der Waals surface area contributed by atoms with E-state index in [1.54, 1.807) is 0 Å². The number of ether oxygens (including phenoxy) is 1. The van der Waals surface area contributed by atoms with Crippen LogP contribution in [-0.2, 0) is 17.6 Å². The molecule has 0 N–H and O–H groups in total. The standard InChI is InChI=1S/C24H32N2O2/c1-3-5-6-7-9-18-10-15-22-20(16-18)17-25-24(26-22)19-11-13-21(14-12-19)28-23(27)8-4-2/h11-14,17-18H,3-10,15-16H2,1-2H3. The first-order valence-corrected chi connectivity index (χ1v) is 10.9. The molecule has 0 saturated carbocycles. The van der Waals surface area contributed by atoms with E-state index in [2.05, 4.69) is 11.9 Å². The smallest absolute Gasteiger partial charge is 0.311 e. The number of aromatic nitrogens is 2. The molecule has 4 nitrogen and oxygen atoms in total. The quantitative estimate of drug-likeness (QED) is 0.308. The van der Waals surface area contributed by atoms with Gasteiger partial charge in [0.25, 0.3) is 0 Å². The van der Waals surface area contributed by atoms with E-state index in [0.29, 0.717) is 12.2 Å². The molecule has 4 heteroatoms. The molecule has 28 heavy (non-hydrogen) atoms. The van der Waals surface area contributed by atoms with Gasteiger partial charge in [-0.25, -0.2) is 9.97 Å². The lowest BCUT2D eigenvalue weighted by Crippen LogP contribution is -2.16. The van der Waals surface area contributed by atoms with Gasteiger partial charge >= 0.3 is 5.97 Å². The molecular weight excluding hydrogens is 348 g/mol. The fourth-order valence-corrected chi connectivity index (χ4v) is 3.89. The topological polar surface area (TPSA) is 52.1 Å². The normalized spacial score (nSPS) is 15.9. The van der Waals surface area contributed by atoms with Gasteiger partial charge in [-0.05, 0) is 61.4 Å². The minimum atomic E-state index is -0.190. The number of benzene rings is 1. The summed E-state index contributed by atoms with van der Waals surface area (Å²) in [5.74, 6) is 1.93. The Balaban J connectivity index is 1.60. The molecule has 1 aliphatic carbocycles. The highest BCUT2D eigenvalue weighted by Gasteiger charge is 2.20. The molecule has 1 aromatic carbocycles. The van der Waals surface area contributed by atoms with Crippen LogP contribution in [0, 0.1) is 5.92 Å². The average molecular weight is 381 g/mol. The molecule has 0 spiro atoms. The highest BCUT2D eigenvalue weighted by molar-refractivity contribution is 5.72. The van der Waals surface area contributed by atoms with Crippen LogP contribution in [0.15, 0.2) is 30.5 Å². The fourth-order valence-electron chi connectivity index (χ4n) is 3.89. The highest BCUT2D eigenvalue weighted by atomic mass is 16.5. The van der Waals surface area contributed by atoms with Crippen molar-refractivity contribution in [2.45, 2.75) is 78.1 Å². The number of hydrogen-bond acceptors (Lipinski definition) is 4. The van der Waals surface area contributed by atoms with Crippen molar-refractivity contribution >= 4 is 5.97 Å². The van der Waals surface area contributed by atoms with E-state index in [0.717, 1.165) is 36.6 Å². The van der Waals surface area contributed by atoms with Crippen molar-refractivity contribution in [1.29, 1.82) is 0 Å². The number of hydrogen-bond donors (Lipinski definition) is 0. The Hall–Kier alpha value is -2.23. The summed E-state index contributed by atoms with van der Waals surface area (Å²) in [6, 6.07) is 7.49. The highest BCUT2D eigenvalue weighted by Crippen LogP contribution is 2.29. The van der Waals surface area contributed by atoms with Crippen molar-refractivity contribution < 1.29 is 9.53 Å². The molecule has 2 aromatic rings. The number of unbranched alkanes of at least 4 members (excludes halogenated alkanes) is 3. The van der Waals surface area contributed by atoms with Crippen molar-refractivity contribution in [1.82, 2.24) is 9.97 Å². The van der Waals surface area contributed by atoms with E-state index >= 15 is 0 Å². The second kappa shape index (κ2) is 10.4. The number of carbonyl (C=O) groups excluding carboxylic acids is 1. The Morgan fingerprint density at radius 3 is 2.68 bits per heavy atom. The van der Waals surface area contributed by atoms with Crippen molar-refractivity contribution in [3.05, 3.63) is 41.7 Å². The molecule has 0 fully saturated rings. The lowest BCUT2D eigenvalue weighted by molar-refractivity contribution is -0.134. The van der Waals surface area contributed by atoms with Gasteiger partial charge in [0.15, 0.2) is 5.82 Å². The summed E-state index contributed by atoms with van der Waals surface area (Å²) in [6.07, 6.45) is 13.4. The maximum atomic E-state index is 11.6. The summed E-state index contributed by atoms with van der Waals surface area (Å²) >= 11 is 0. The Kier molecular flexibility index (Phi) is 7.58. The third-order valence-electron chi connectivity index (χ3n) is 5.52. The third-order valence-corrected chi connectivity index (χ3v) is 5.52. The minimum absolute atomic E-state index is 0.190. The SMILES string of the molecule is CCCCCCC1CCc2nc(-c3ccc(OC(=O)CCC)cc3)ncc2C1. The monoisotopic (exact) mass is 380 g/mol. The number of fused-ring (bicyclic) bond motifs is 1. The van der Waals surface area contributed by atoms with Crippen LogP contribution < -0.4 is 4.74 Å². The van der Waals surface area contributed by atoms with Gasteiger partial charge in [0.05, 0.1) is 0 Å². The van der Waals surface area contributed by atoms with E-state index < -0.39 is 0 Å². The van der Waals surface area contributed by atoms with Crippen LogP contribution in [0.1, 0.15) is 76.5 Å². The second-order valence-corrected chi connectivity index (χ2v) is 7.87. The van der Waals surface area contributed by atoms with E-state index in [9.17, 15) is 4.79 Å². The summed E-state index contributed by atoms with van der Waals surface area (Å²) in [6.45, 7) is 4.23. The van der Waals surface area contributed by atoms with Crippen molar-refractivity contribution in [3.63, 3.8) is 0 Å². The molecule has 150 valence electrons. The predicted octanol–water partition coefficient (Wildman–Crippen LogP) is 5.92. The summed E-state index contributed by atoms with van der Waals surface area (Å²) in [7, 11) is 0. The van der Waals surface area contributed by atoms with Gasteiger partial charge in [-0.1, -0.05) is 46.0 Å². The van der Waals surface area contributed by atoms with Crippen molar-refractivity contribution in [3.8, 4) is 17.1 Å². The lowest BCUT2D eigenvalue weighted by atomic mass is 9.84. The van der Waals surface area contributed by atoms with Gasteiger partial charge in [-0.3, -0.25) is 4.79 Å². The summed E-state index contributed by atoms with van der Waals surface area (Å²) in [4.78, 5) is 21.0. The van der Waals surface area contributed by atoms with Crippen LogP contribution >= 0.6 is 0 Å². The van der Waals surface area contributed by atoms with Crippen molar-refractivity contribution in [2.24, 2.45) is 5.92 Å². The maximum absolute atomic E-state index is 11.6. The Labute approximate surface area is 168 Å². The third kappa shape index (κ3) is 5.63. The second-order valence-electron chi connectivity index (χ2n) is 7.87. The van der Waals surface area contributed by atoms with Crippen LogP contribution in [0.4, 0.5) is 0 Å². The Morgan fingerprint density at radius 2 is 1.93 bits per heavy atom. The summed E-state index contributed by atoms with van der Waals surface area (Å²) in [5, 5.41) is 0. The number of esters is 1. The summed E-state index contributed by atoms with van der Waals surface area (Å²) in [5.41, 5.74) is 3.48. The largest absolute Gasteiger partial charge is 0.427 e. The molecule has 1 atom stereocenters. The van der Waals surface area contributed by atoms with Gasteiger partial charge in [-0.2, -0.15) is 0 Å². The minimum Gasteiger partial charge on any atom is -0.427 e. The van der Waals surface area contributed by atoms with E-state index in [4.69, 9.17) is 9.72 Å². The number of aryl methyl sites for hydroxylation is 1. The molecule has 0 radical (unpaired) electrons. The number of carbonyl (C=O) groups is 1. The van der Waals surface area contributed by atoms with Gasteiger partial charge in [0, 0.05) is 23.9 Å². The Morgan fingerprint density at radius 1 is 1.11 bits per heavy atom. The number of nitrogens with zero attached hydrogens (tertiary/aromatic N) is 2. The predicted molar refractivity (Wildman–Crippen MR) is 112 cm³/mol. The first-order chi connectivity index (χ1) is 13.7. The van der Waals surface area contributed by atoms with Gasteiger partial charge < -0.3 is 4.74 Å². The molecule has 1 heterocycles. The van der Waals surface area contributed by atoms with Crippen LogP contribution in [0.25, 0.3) is 11.4 Å². The van der Waals surface area contributed by atoms with E-state index in [1.807, 2.05) is 37.4 Å². The van der Waals surface area contributed by atoms with Crippen LogP contribution in [0.3, 0.4) is 0 Å². The molecule has 1 unspecified atom stereocenters. The van der Waals surface area contributed by atoms with Gasteiger partial charge in [-0.15, -0.1) is 0 Å². The van der Waals surface area contributed by atoms with Crippen LogP contribution in [-0.4, -0.2) is 15.9 Å².